The molecule has 1 aromatic heterocycles. The highest BCUT2D eigenvalue weighted by Gasteiger charge is 2.08. The van der Waals surface area contributed by atoms with Gasteiger partial charge < -0.3 is 9.84 Å². The number of sulfone groups is 1. The summed E-state index contributed by atoms with van der Waals surface area (Å²) in [6.07, 6.45) is 1.18. The van der Waals surface area contributed by atoms with Crippen molar-refractivity contribution >= 4 is 15.8 Å². The van der Waals surface area contributed by atoms with E-state index in [1.54, 1.807) is 0 Å². The first-order valence-electron chi connectivity index (χ1n) is 5.35. The summed E-state index contributed by atoms with van der Waals surface area (Å²) in [6.45, 7) is 0.257. The first kappa shape index (κ1) is 12.6. The second-order valence-electron chi connectivity index (χ2n) is 3.85. The molecule has 18 heavy (non-hydrogen) atoms. The standard InChI is InChI=1S/C11H13N3O3S/c1-18(15,16)8-7-12-11-13-10(17-14-11)9-5-3-2-4-6-9/h2-6H,7-8H2,1H3,(H,12,14). The lowest BCUT2D eigenvalue weighted by atomic mass is 10.2. The van der Waals surface area contributed by atoms with Crippen LogP contribution in [0.25, 0.3) is 11.5 Å². The smallest absolute Gasteiger partial charge is 0.263 e. The molecular formula is C11H13N3O3S. The van der Waals surface area contributed by atoms with Gasteiger partial charge in [0.1, 0.15) is 9.84 Å². The first-order valence-corrected chi connectivity index (χ1v) is 7.41. The van der Waals surface area contributed by atoms with Crippen LogP contribution in [0.15, 0.2) is 34.9 Å². The molecule has 0 aliphatic heterocycles. The zero-order valence-corrected chi connectivity index (χ0v) is 10.6. The van der Waals surface area contributed by atoms with Gasteiger partial charge in [0, 0.05) is 18.4 Å². The van der Waals surface area contributed by atoms with Gasteiger partial charge in [-0.2, -0.15) is 4.98 Å². The molecule has 0 radical (unpaired) electrons. The van der Waals surface area contributed by atoms with Crippen LogP contribution in [0.4, 0.5) is 5.95 Å². The first-order chi connectivity index (χ1) is 8.54. The van der Waals surface area contributed by atoms with E-state index in [1.807, 2.05) is 30.3 Å². The number of benzene rings is 1. The van der Waals surface area contributed by atoms with Crippen LogP contribution in [0.5, 0.6) is 0 Å². The third kappa shape index (κ3) is 3.56. The predicted molar refractivity (Wildman–Crippen MR) is 67.9 cm³/mol. The number of aromatic nitrogens is 2. The van der Waals surface area contributed by atoms with E-state index in [-0.39, 0.29) is 18.2 Å². The summed E-state index contributed by atoms with van der Waals surface area (Å²) in [5, 5.41) is 6.52. The van der Waals surface area contributed by atoms with Crippen molar-refractivity contribution in [3.8, 4) is 11.5 Å². The van der Waals surface area contributed by atoms with Crippen molar-refractivity contribution in [1.82, 2.24) is 10.1 Å². The normalized spacial score (nSPS) is 11.4. The topological polar surface area (TPSA) is 85.1 Å². The summed E-state index contributed by atoms with van der Waals surface area (Å²) in [6, 6.07) is 9.35. The number of nitrogens with one attached hydrogen (secondary N) is 1. The summed E-state index contributed by atoms with van der Waals surface area (Å²) in [5.74, 6) is 0.720. The summed E-state index contributed by atoms with van der Waals surface area (Å²) in [5.41, 5.74) is 0.821. The molecule has 0 amide bonds. The lowest BCUT2D eigenvalue weighted by Crippen LogP contribution is -2.14. The van der Waals surface area contributed by atoms with Crippen LogP contribution in [-0.4, -0.2) is 37.1 Å². The minimum absolute atomic E-state index is 0.0300. The molecule has 0 unspecified atom stereocenters. The maximum Gasteiger partial charge on any atom is 0.263 e. The van der Waals surface area contributed by atoms with Crippen LogP contribution in [0.2, 0.25) is 0 Å². The number of anilines is 1. The third-order valence-corrected chi connectivity index (χ3v) is 3.15. The fraction of sp³-hybridized carbons (Fsp3) is 0.273. The summed E-state index contributed by atoms with van der Waals surface area (Å²) in [7, 11) is -2.99. The van der Waals surface area contributed by atoms with Crippen molar-refractivity contribution in [2.24, 2.45) is 0 Å². The Morgan fingerprint density at radius 2 is 2.00 bits per heavy atom. The Hall–Kier alpha value is -1.89. The largest absolute Gasteiger partial charge is 0.351 e. The minimum atomic E-state index is -2.99. The van der Waals surface area contributed by atoms with E-state index in [4.69, 9.17) is 4.52 Å². The fourth-order valence-electron chi connectivity index (χ4n) is 1.34. The number of nitrogens with zero attached hydrogens (tertiary/aromatic N) is 2. The molecule has 0 bridgehead atoms. The molecule has 1 heterocycles. The van der Waals surface area contributed by atoms with Crippen LogP contribution in [0, 0.1) is 0 Å². The molecule has 0 spiro atoms. The fourth-order valence-corrected chi connectivity index (χ4v) is 1.81. The molecule has 0 saturated heterocycles. The molecule has 7 heteroatoms. The van der Waals surface area contributed by atoms with Gasteiger partial charge in [0.2, 0.25) is 0 Å². The Bertz CT molecular complexity index is 607. The lowest BCUT2D eigenvalue weighted by molar-refractivity contribution is 0.432. The third-order valence-electron chi connectivity index (χ3n) is 2.20. The van der Waals surface area contributed by atoms with Crippen molar-refractivity contribution in [3.05, 3.63) is 30.3 Å². The van der Waals surface area contributed by atoms with Gasteiger partial charge in [-0.15, -0.1) is 0 Å². The highest BCUT2D eigenvalue weighted by molar-refractivity contribution is 7.90. The molecule has 6 nitrogen and oxygen atoms in total. The van der Waals surface area contributed by atoms with Gasteiger partial charge in [-0.3, -0.25) is 0 Å². The van der Waals surface area contributed by atoms with E-state index in [1.165, 1.54) is 6.26 Å². The van der Waals surface area contributed by atoms with Gasteiger partial charge >= 0.3 is 0 Å². The van der Waals surface area contributed by atoms with E-state index in [9.17, 15) is 8.42 Å². The van der Waals surface area contributed by atoms with Crippen LogP contribution >= 0.6 is 0 Å². The molecule has 96 valence electrons. The van der Waals surface area contributed by atoms with Gasteiger partial charge in [0.25, 0.3) is 11.8 Å². The van der Waals surface area contributed by atoms with Gasteiger partial charge in [-0.05, 0) is 17.3 Å². The molecule has 0 atom stereocenters. The molecule has 1 N–H and O–H groups in total. The summed E-state index contributed by atoms with van der Waals surface area (Å²) >= 11 is 0. The molecule has 0 aliphatic carbocycles. The Morgan fingerprint density at radius 3 is 2.67 bits per heavy atom. The average Bonchev–Trinajstić information content (AvgIpc) is 2.77. The summed E-state index contributed by atoms with van der Waals surface area (Å²) in [4.78, 5) is 4.12. The Kier molecular flexibility index (Phi) is 3.61. The van der Waals surface area contributed by atoms with Crippen molar-refractivity contribution in [1.29, 1.82) is 0 Å². The number of hydrogen-bond acceptors (Lipinski definition) is 6. The molecule has 0 saturated carbocycles. The SMILES string of the molecule is CS(=O)(=O)CCNc1noc(-c2ccccc2)n1. The average molecular weight is 267 g/mol. The molecule has 0 fully saturated rings. The molecule has 1 aromatic carbocycles. The van der Waals surface area contributed by atoms with Crippen molar-refractivity contribution in [2.45, 2.75) is 0 Å². The van der Waals surface area contributed by atoms with Crippen molar-refractivity contribution in [3.63, 3.8) is 0 Å². The lowest BCUT2D eigenvalue weighted by Gasteiger charge is -1.98. The maximum atomic E-state index is 10.9. The highest BCUT2D eigenvalue weighted by Crippen LogP contribution is 2.17. The minimum Gasteiger partial charge on any atom is -0.351 e. The number of hydrogen-bond donors (Lipinski definition) is 1. The zero-order chi connectivity index (χ0) is 13.0. The number of rotatable bonds is 5. The van der Waals surface area contributed by atoms with E-state index in [0.717, 1.165) is 5.56 Å². The van der Waals surface area contributed by atoms with E-state index in [0.29, 0.717) is 5.89 Å². The second kappa shape index (κ2) is 5.18. The zero-order valence-electron chi connectivity index (χ0n) is 9.83. The van der Waals surface area contributed by atoms with Gasteiger partial charge in [0.15, 0.2) is 0 Å². The predicted octanol–water partition coefficient (Wildman–Crippen LogP) is 1.19. The van der Waals surface area contributed by atoms with Crippen LogP contribution < -0.4 is 5.32 Å². The van der Waals surface area contributed by atoms with E-state index >= 15 is 0 Å². The monoisotopic (exact) mass is 267 g/mol. The Balaban J connectivity index is 1.99. The quantitative estimate of drug-likeness (QED) is 0.876. The van der Waals surface area contributed by atoms with E-state index in [2.05, 4.69) is 15.5 Å². The Labute approximate surface area is 105 Å². The van der Waals surface area contributed by atoms with Gasteiger partial charge in [0.05, 0.1) is 5.75 Å². The van der Waals surface area contributed by atoms with E-state index < -0.39 is 9.84 Å². The summed E-state index contributed by atoms with van der Waals surface area (Å²) < 4.78 is 26.9. The molecular weight excluding hydrogens is 254 g/mol. The van der Waals surface area contributed by atoms with Crippen molar-refractivity contribution in [2.75, 3.05) is 23.9 Å². The van der Waals surface area contributed by atoms with Crippen LogP contribution in [-0.2, 0) is 9.84 Å². The maximum absolute atomic E-state index is 10.9. The molecule has 2 rings (SSSR count). The Morgan fingerprint density at radius 1 is 1.28 bits per heavy atom. The van der Waals surface area contributed by atoms with Gasteiger partial charge in [-0.1, -0.05) is 18.2 Å². The second-order valence-corrected chi connectivity index (χ2v) is 6.11. The van der Waals surface area contributed by atoms with Gasteiger partial charge in [-0.25, -0.2) is 8.42 Å². The van der Waals surface area contributed by atoms with Crippen molar-refractivity contribution < 1.29 is 12.9 Å². The van der Waals surface area contributed by atoms with Crippen LogP contribution in [0.3, 0.4) is 0 Å². The highest BCUT2D eigenvalue weighted by atomic mass is 32.2. The molecule has 2 aromatic rings. The molecule has 0 aliphatic rings. The van der Waals surface area contributed by atoms with Crippen LogP contribution in [0.1, 0.15) is 0 Å².